The molecule has 0 fully saturated rings. The van der Waals surface area contributed by atoms with E-state index in [4.69, 9.17) is 5.11 Å². The third kappa shape index (κ3) is 4.85. The number of carboxylic acid groups (broad SMARTS) is 1. The number of fused-ring (bicyclic) bond motifs is 2. The van der Waals surface area contributed by atoms with Gasteiger partial charge >= 0.3 is 5.97 Å². The van der Waals surface area contributed by atoms with Gasteiger partial charge in [-0.25, -0.2) is 14.8 Å². The first-order valence-corrected chi connectivity index (χ1v) is 11.3. The number of hydrogen-bond acceptors (Lipinski definition) is 7. The number of benzene rings is 2. The van der Waals surface area contributed by atoms with Crippen LogP contribution in [-0.4, -0.2) is 21.0 Å². The van der Waals surface area contributed by atoms with Crippen molar-refractivity contribution in [2.75, 3.05) is 0 Å². The van der Waals surface area contributed by atoms with Crippen molar-refractivity contribution in [1.29, 1.82) is 0 Å². The summed E-state index contributed by atoms with van der Waals surface area (Å²) in [7, 11) is 3.37. The first-order valence-electron chi connectivity index (χ1n) is 7.47. The van der Waals surface area contributed by atoms with Crippen molar-refractivity contribution < 1.29 is 9.90 Å². The van der Waals surface area contributed by atoms with Crippen molar-refractivity contribution in [3.8, 4) is 0 Å². The average Bonchev–Trinajstić information content (AvgIpc) is 3.23. The van der Waals surface area contributed by atoms with Gasteiger partial charge < -0.3 is 5.11 Å². The highest BCUT2D eigenvalue weighted by molar-refractivity contribution is 8.77. The normalized spacial score (nSPS) is 10.5. The Morgan fingerprint density at radius 1 is 0.923 bits per heavy atom. The van der Waals surface area contributed by atoms with E-state index in [1.165, 1.54) is 16.3 Å². The van der Waals surface area contributed by atoms with Crippen LogP contribution in [-0.2, 0) is 4.79 Å². The van der Waals surface area contributed by atoms with Crippen molar-refractivity contribution in [1.82, 2.24) is 9.97 Å². The maximum Gasteiger partial charge on any atom is 0.330 e. The van der Waals surface area contributed by atoms with E-state index < -0.39 is 5.97 Å². The maximum absolute atomic E-state index is 9.60. The second kappa shape index (κ2) is 8.68. The van der Waals surface area contributed by atoms with Crippen LogP contribution in [0.3, 0.4) is 0 Å². The van der Waals surface area contributed by atoms with Gasteiger partial charge in [-0.3, -0.25) is 0 Å². The second-order valence-corrected chi connectivity index (χ2v) is 9.83. The van der Waals surface area contributed by atoms with Crippen molar-refractivity contribution in [2.45, 2.75) is 15.6 Å². The molecule has 4 rings (SSSR count). The Hall–Kier alpha value is -1.87. The first kappa shape index (κ1) is 18.9. The third-order valence-electron chi connectivity index (χ3n) is 3.10. The number of carbonyl (C=O) groups is 1. The number of aliphatic carboxylic acids is 1. The molecule has 26 heavy (non-hydrogen) atoms. The van der Waals surface area contributed by atoms with Gasteiger partial charge in [0.25, 0.3) is 0 Å². The zero-order valence-electron chi connectivity index (χ0n) is 13.7. The highest BCUT2D eigenvalue weighted by Gasteiger charge is 2.08. The van der Waals surface area contributed by atoms with Crippen LogP contribution in [0.5, 0.6) is 0 Å². The Balaban J connectivity index is 0.000000286. The van der Waals surface area contributed by atoms with Crippen molar-refractivity contribution in [3.63, 3.8) is 0 Å². The molecule has 0 saturated heterocycles. The predicted octanol–water partition coefficient (Wildman–Crippen LogP) is 6.35. The minimum Gasteiger partial charge on any atom is -0.478 e. The summed E-state index contributed by atoms with van der Waals surface area (Å²) in [4.78, 5) is 18.8. The summed E-state index contributed by atoms with van der Waals surface area (Å²) < 4.78 is 4.63. The molecule has 0 radical (unpaired) electrons. The molecule has 1 N–H and O–H groups in total. The Morgan fingerprint density at radius 3 is 1.65 bits per heavy atom. The van der Waals surface area contributed by atoms with Crippen LogP contribution in [0.15, 0.2) is 69.4 Å². The minimum absolute atomic E-state index is 0.176. The van der Waals surface area contributed by atoms with Crippen LogP contribution in [0.25, 0.3) is 20.4 Å². The average molecular weight is 419 g/mol. The van der Waals surface area contributed by atoms with Crippen LogP contribution in [0.4, 0.5) is 0 Å². The summed E-state index contributed by atoms with van der Waals surface area (Å²) >= 11 is 3.46. The largest absolute Gasteiger partial charge is 0.478 e. The van der Waals surface area contributed by atoms with Crippen LogP contribution in [0.1, 0.15) is 6.92 Å². The lowest BCUT2D eigenvalue weighted by molar-refractivity contribution is -0.132. The molecule has 0 aliphatic carbocycles. The molecule has 0 saturated carbocycles. The molecular weight excluding hydrogens is 404 g/mol. The number of nitrogens with zero attached hydrogens (tertiary/aromatic N) is 2. The molecule has 0 bridgehead atoms. The molecule has 4 nitrogen and oxygen atoms in total. The number of thiazole rings is 2. The fourth-order valence-corrected chi connectivity index (χ4v) is 6.34. The Morgan fingerprint density at radius 2 is 1.31 bits per heavy atom. The van der Waals surface area contributed by atoms with Gasteiger partial charge in [0.15, 0.2) is 8.68 Å². The summed E-state index contributed by atoms with van der Waals surface area (Å²) in [5.74, 6) is -0.935. The van der Waals surface area contributed by atoms with Gasteiger partial charge in [-0.2, -0.15) is 0 Å². The zero-order valence-corrected chi connectivity index (χ0v) is 17.0. The lowest BCUT2D eigenvalue weighted by atomic mass is 10.3. The van der Waals surface area contributed by atoms with Gasteiger partial charge in [0.1, 0.15) is 0 Å². The maximum atomic E-state index is 9.60. The Labute approximate surface area is 166 Å². The number of aromatic nitrogens is 2. The fraction of sp³-hybridized carbons (Fsp3) is 0.0556. The van der Waals surface area contributed by atoms with Crippen molar-refractivity contribution in [3.05, 3.63) is 60.7 Å². The quantitative estimate of drug-likeness (QED) is 0.308. The summed E-state index contributed by atoms with van der Waals surface area (Å²) in [6.45, 7) is 4.60. The van der Waals surface area contributed by atoms with E-state index in [0.717, 1.165) is 19.7 Å². The molecule has 132 valence electrons. The molecule has 4 aromatic rings. The minimum atomic E-state index is -0.935. The molecule has 2 heterocycles. The molecular formula is C18H14N2O2S4. The Bertz CT molecular complexity index is 919. The van der Waals surface area contributed by atoms with Gasteiger partial charge in [0.2, 0.25) is 0 Å². The third-order valence-corrected chi connectivity index (χ3v) is 8.14. The monoisotopic (exact) mass is 418 g/mol. The molecule has 0 amide bonds. The van der Waals surface area contributed by atoms with Crippen LogP contribution in [0, 0.1) is 0 Å². The van der Waals surface area contributed by atoms with Crippen LogP contribution < -0.4 is 0 Å². The van der Waals surface area contributed by atoms with E-state index in [-0.39, 0.29) is 5.57 Å². The predicted molar refractivity (Wildman–Crippen MR) is 113 cm³/mol. The molecule has 8 heteroatoms. The summed E-state index contributed by atoms with van der Waals surface area (Å²) in [6.07, 6.45) is 0. The van der Waals surface area contributed by atoms with Gasteiger partial charge in [0, 0.05) is 5.57 Å². The van der Waals surface area contributed by atoms with Crippen LogP contribution >= 0.6 is 44.3 Å². The van der Waals surface area contributed by atoms with Gasteiger partial charge in [0.05, 0.1) is 20.4 Å². The standard InChI is InChI=1S/C14H8N2S4.C4H6O2/c1-3-7-11-9(5-1)15-13(17-11)19-20-14-16-10-6-2-4-8-12(10)18-14;1-3(2)4(5)6/h1-8H;1H2,2H3,(H,5,6). The lowest BCUT2D eigenvalue weighted by Crippen LogP contribution is -1.92. The van der Waals surface area contributed by atoms with Crippen molar-refractivity contribution in [2.24, 2.45) is 0 Å². The van der Waals surface area contributed by atoms with Crippen LogP contribution in [0.2, 0.25) is 0 Å². The SMILES string of the molecule is C=C(C)C(=O)O.c1ccc2sc(SSc3nc4ccccc4s3)nc2c1. The van der Waals surface area contributed by atoms with E-state index in [0.29, 0.717) is 0 Å². The van der Waals surface area contributed by atoms with E-state index >= 15 is 0 Å². The molecule has 0 atom stereocenters. The molecule has 0 spiro atoms. The van der Waals surface area contributed by atoms with E-state index in [9.17, 15) is 4.79 Å². The van der Waals surface area contributed by atoms with Gasteiger partial charge in [-0.15, -0.1) is 22.7 Å². The highest BCUT2D eigenvalue weighted by Crippen LogP contribution is 2.43. The zero-order chi connectivity index (χ0) is 18.5. The fourth-order valence-electron chi connectivity index (χ4n) is 1.84. The van der Waals surface area contributed by atoms with E-state index in [1.54, 1.807) is 44.3 Å². The summed E-state index contributed by atoms with van der Waals surface area (Å²) in [6, 6.07) is 16.5. The first-order chi connectivity index (χ1) is 12.5. The van der Waals surface area contributed by atoms with Gasteiger partial charge in [-0.1, -0.05) is 30.8 Å². The van der Waals surface area contributed by atoms with Crippen molar-refractivity contribution >= 4 is 70.7 Å². The molecule has 2 aromatic heterocycles. The molecule has 0 aliphatic heterocycles. The molecule has 0 aliphatic rings. The van der Waals surface area contributed by atoms with Gasteiger partial charge in [-0.05, 0) is 52.8 Å². The number of carboxylic acids is 1. The van der Waals surface area contributed by atoms with E-state index in [2.05, 4.69) is 52.9 Å². The Kier molecular flexibility index (Phi) is 6.31. The highest BCUT2D eigenvalue weighted by atomic mass is 33.1. The second-order valence-electron chi connectivity index (χ2n) is 5.15. The molecule has 0 unspecified atom stereocenters. The number of rotatable bonds is 4. The number of para-hydroxylation sites is 2. The number of hydrogen-bond donors (Lipinski definition) is 1. The summed E-state index contributed by atoms with van der Waals surface area (Å²) in [5, 5.41) is 7.89. The lowest BCUT2D eigenvalue weighted by Gasteiger charge is -1.90. The van der Waals surface area contributed by atoms with E-state index in [1.807, 2.05) is 12.1 Å². The summed E-state index contributed by atoms with van der Waals surface area (Å²) in [5.41, 5.74) is 2.32. The topological polar surface area (TPSA) is 63.1 Å². The molecule has 2 aromatic carbocycles. The smallest absolute Gasteiger partial charge is 0.330 e.